The maximum absolute atomic E-state index is 13.4. The SMILES string of the molecule is COC(=O)C(C)(C)Oc1ccc(CCCc2nn(Cc3ccccc3)c(=O)n2Cc2ccc(CO)cc2)cc1. The van der Waals surface area contributed by atoms with Gasteiger partial charge in [-0.05, 0) is 61.1 Å². The van der Waals surface area contributed by atoms with Gasteiger partial charge in [-0.1, -0.05) is 66.7 Å². The molecule has 204 valence electrons. The summed E-state index contributed by atoms with van der Waals surface area (Å²) in [7, 11) is 1.34. The van der Waals surface area contributed by atoms with E-state index < -0.39 is 11.6 Å². The normalized spacial score (nSPS) is 11.4. The fourth-order valence-electron chi connectivity index (χ4n) is 4.38. The van der Waals surface area contributed by atoms with E-state index in [0.29, 0.717) is 25.3 Å². The smallest absolute Gasteiger partial charge is 0.349 e. The van der Waals surface area contributed by atoms with Crippen molar-refractivity contribution in [3.63, 3.8) is 0 Å². The number of hydrogen-bond donors (Lipinski definition) is 1. The average Bonchev–Trinajstić information content (AvgIpc) is 3.23. The molecule has 0 bridgehead atoms. The largest absolute Gasteiger partial charge is 0.476 e. The molecule has 0 amide bonds. The maximum Gasteiger partial charge on any atom is 0.349 e. The monoisotopic (exact) mass is 529 g/mol. The molecule has 0 fully saturated rings. The number of rotatable bonds is 12. The quantitative estimate of drug-likeness (QED) is 0.277. The molecule has 39 heavy (non-hydrogen) atoms. The molecule has 1 aromatic heterocycles. The first-order valence-corrected chi connectivity index (χ1v) is 13.0. The molecule has 0 saturated heterocycles. The van der Waals surface area contributed by atoms with Crippen molar-refractivity contribution in [3.8, 4) is 5.75 Å². The van der Waals surface area contributed by atoms with Gasteiger partial charge in [-0.25, -0.2) is 14.3 Å². The summed E-state index contributed by atoms with van der Waals surface area (Å²) in [5, 5.41) is 14.1. The van der Waals surface area contributed by atoms with Gasteiger partial charge in [-0.3, -0.25) is 4.57 Å². The van der Waals surface area contributed by atoms with Crippen LogP contribution in [0.1, 0.15) is 48.3 Å². The summed E-state index contributed by atoms with van der Waals surface area (Å²) in [6.45, 7) is 4.15. The van der Waals surface area contributed by atoms with E-state index in [1.807, 2.05) is 78.9 Å². The maximum atomic E-state index is 13.4. The minimum absolute atomic E-state index is 0.0172. The number of aliphatic hydroxyl groups excluding tert-OH is 1. The molecule has 0 aliphatic carbocycles. The van der Waals surface area contributed by atoms with E-state index in [0.717, 1.165) is 40.9 Å². The summed E-state index contributed by atoms with van der Waals surface area (Å²) >= 11 is 0. The second kappa shape index (κ2) is 12.6. The highest BCUT2D eigenvalue weighted by molar-refractivity contribution is 5.78. The van der Waals surface area contributed by atoms with Crippen LogP contribution in [0, 0.1) is 0 Å². The molecular weight excluding hydrogens is 494 g/mol. The number of benzene rings is 3. The van der Waals surface area contributed by atoms with Crippen molar-refractivity contribution in [2.24, 2.45) is 0 Å². The van der Waals surface area contributed by atoms with Gasteiger partial charge in [0.15, 0.2) is 5.60 Å². The lowest BCUT2D eigenvalue weighted by atomic mass is 10.1. The molecule has 0 unspecified atom stereocenters. The van der Waals surface area contributed by atoms with E-state index >= 15 is 0 Å². The fraction of sp³-hybridized carbons (Fsp3) is 0.323. The highest BCUT2D eigenvalue weighted by atomic mass is 16.6. The standard InChI is InChI=1S/C31H35N3O5/c1-31(2,29(36)38-3)39-27-18-16-23(17-19-27)10-7-11-28-32-34(21-24-8-5-4-6-9-24)30(37)33(28)20-25-12-14-26(22-35)15-13-25/h4-6,8-9,12-19,35H,7,10-11,20-22H2,1-3H3. The Labute approximate surface area is 228 Å². The van der Waals surface area contributed by atoms with Gasteiger partial charge >= 0.3 is 11.7 Å². The zero-order valence-corrected chi connectivity index (χ0v) is 22.7. The molecule has 1 N–H and O–H groups in total. The van der Waals surface area contributed by atoms with Crippen LogP contribution < -0.4 is 10.4 Å². The molecule has 8 nitrogen and oxygen atoms in total. The molecule has 1 heterocycles. The predicted molar refractivity (Wildman–Crippen MR) is 149 cm³/mol. The van der Waals surface area contributed by atoms with Gasteiger partial charge in [0.1, 0.15) is 11.6 Å². The van der Waals surface area contributed by atoms with Crippen LogP contribution in [-0.4, -0.2) is 38.1 Å². The third-order valence-corrected chi connectivity index (χ3v) is 6.56. The Bertz CT molecular complexity index is 1420. The van der Waals surface area contributed by atoms with Crippen molar-refractivity contribution in [2.45, 2.75) is 58.4 Å². The lowest BCUT2D eigenvalue weighted by molar-refractivity contribution is -0.156. The molecule has 0 aliphatic heterocycles. The predicted octanol–water partition coefficient (Wildman–Crippen LogP) is 4.14. The number of aryl methyl sites for hydroxylation is 2. The van der Waals surface area contributed by atoms with Gasteiger partial charge in [0.2, 0.25) is 0 Å². The van der Waals surface area contributed by atoms with E-state index in [1.54, 1.807) is 18.4 Å². The van der Waals surface area contributed by atoms with Crippen LogP contribution in [0.25, 0.3) is 0 Å². The summed E-state index contributed by atoms with van der Waals surface area (Å²) in [5.41, 5.74) is 2.72. The van der Waals surface area contributed by atoms with Crippen LogP contribution in [0.4, 0.5) is 0 Å². The molecule has 0 radical (unpaired) electrons. The van der Waals surface area contributed by atoms with E-state index in [2.05, 4.69) is 0 Å². The first kappa shape index (κ1) is 27.9. The summed E-state index contributed by atoms with van der Waals surface area (Å²) in [6, 6.07) is 25.1. The number of esters is 1. The molecule has 3 aromatic carbocycles. The Kier molecular flexibility index (Phi) is 8.99. The molecule has 0 atom stereocenters. The molecule has 4 aromatic rings. The van der Waals surface area contributed by atoms with Crippen LogP contribution in [0.5, 0.6) is 5.75 Å². The van der Waals surface area contributed by atoms with E-state index in [9.17, 15) is 14.7 Å². The Morgan fingerprint density at radius 2 is 1.46 bits per heavy atom. The Morgan fingerprint density at radius 3 is 2.10 bits per heavy atom. The number of carbonyl (C=O) groups is 1. The summed E-state index contributed by atoms with van der Waals surface area (Å²) in [5.74, 6) is 0.894. The van der Waals surface area contributed by atoms with Gasteiger partial charge in [0.05, 0.1) is 26.8 Å². The zero-order valence-electron chi connectivity index (χ0n) is 22.7. The third-order valence-electron chi connectivity index (χ3n) is 6.56. The van der Waals surface area contributed by atoms with Gasteiger partial charge in [-0.2, -0.15) is 5.10 Å². The van der Waals surface area contributed by atoms with Crippen LogP contribution in [0.3, 0.4) is 0 Å². The summed E-state index contributed by atoms with van der Waals surface area (Å²) < 4.78 is 13.9. The lowest BCUT2D eigenvalue weighted by Gasteiger charge is -2.23. The zero-order chi connectivity index (χ0) is 27.8. The summed E-state index contributed by atoms with van der Waals surface area (Å²) in [4.78, 5) is 25.2. The van der Waals surface area contributed by atoms with Crippen molar-refractivity contribution in [2.75, 3.05) is 7.11 Å². The van der Waals surface area contributed by atoms with Gasteiger partial charge < -0.3 is 14.6 Å². The van der Waals surface area contributed by atoms with Gasteiger partial charge in [-0.15, -0.1) is 0 Å². The summed E-state index contributed by atoms with van der Waals surface area (Å²) in [6.07, 6.45) is 2.24. The van der Waals surface area contributed by atoms with Crippen molar-refractivity contribution < 1.29 is 19.4 Å². The number of aromatic nitrogens is 3. The Hall–Kier alpha value is -4.17. The minimum Gasteiger partial charge on any atom is -0.476 e. The van der Waals surface area contributed by atoms with Gasteiger partial charge in [0.25, 0.3) is 0 Å². The third kappa shape index (κ3) is 7.23. The lowest BCUT2D eigenvalue weighted by Crippen LogP contribution is -2.39. The second-order valence-electron chi connectivity index (χ2n) is 10.0. The number of methoxy groups -OCH3 is 1. The highest BCUT2D eigenvalue weighted by Crippen LogP contribution is 2.21. The first-order valence-electron chi connectivity index (χ1n) is 13.0. The number of hydrogen-bond acceptors (Lipinski definition) is 6. The molecule has 8 heteroatoms. The molecule has 0 aliphatic rings. The molecule has 0 saturated carbocycles. The van der Waals surface area contributed by atoms with Crippen LogP contribution in [-0.2, 0) is 42.1 Å². The Balaban J connectivity index is 1.46. The minimum atomic E-state index is -1.07. The van der Waals surface area contributed by atoms with Crippen LogP contribution in [0.15, 0.2) is 83.7 Å². The number of aliphatic hydroxyl groups is 1. The van der Waals surface area contributed by atoms with Crippen molar-refractivity contribution >= 4 is 5.97 Å². The van der Waals surface area contributed by atoms with E-state index in [1.165, 1.54) is 11.8 Å². The second-order valence-corrected chi connectivity index (χ2v) is 10.0. The first-order chi connectivity index (χ1) is 18.8. The molecular formula is C31H35N3O5. The van der Waals surface area contributed by atoms with Crippen molar-refractivity contribution in [3.05, 3.63) is 117 Å². The van der Waals surface area contributed by atoms with E-state index in [-0.39, 0.29) is 12.3 Å². The van der Waals surface area contributed by atoms with Crippen molar-refractivity contribution in [1.29, 1.82) is 0 Å². The van der Waals surface area contributed by atoms with Crippen LogP contribution in [0.2, 0.25) is 0 Å². The Morgan fingerprint density at radius 1 is 0.846 bits per heavy atom. The van der Waals surface area contributed by atoms with E-state index in [4.69, 9.17) is 14.6 Å². The number of carbonyl (C=O) groups excluding carboxylic acids is 1. The fourth-order valence-corrected chi connectivity index (χ4v) is 4.38. The number of nitrogens with zero attached hydrogens (tertiary/aromatic N) is 3. The van der Waals surface area contributed by atoms with Gasteiger partial charge in [0, 0.05) is 6.42 Å². The highest BCUT2D eigenvalue weighted by Gasteiger charge is 2.31. The molecule has 0 spiro atoms. The van der Waals surface area contributed by atoms with Crippen molar-refractivity contribution in [1.82, 2.24) is 14.3 Å². The average molecular weight is 530 g/mol. The van der Waals surface area contributed by atoms with Crippen LogP contribution >= 0.6 is 0 Å². The number of ether oxygens (including phenoxy) is 2. The topological polar surface area (TPSA) is 95.6 Å². The molecule has 4 rings (SSSR count).